The van der Waals surface area contributed by atoms with E-state index in [0.29, 0.717) is 23.2 Å². The first-order chi connectivity index (χ1) is 10.6. The summed E-state index contributed by atoms with van der Waals surface area (Å²) < 4.78 is 5.55. The Morgan fingerprint density at radius 2 is 2.18 bits per heavy atom. The highest BCUT2D eigenvalue weighted by molar-refractivity contribution is 6.03. The molecule has 5 heteroatoms. The van der Waals surface area contributed by atoms with Crippen molar-refractivity contribution < 1.29 is 9.21 Å². The number of piperidine rings is 3. The average Bonchev–Trinajstić information content (AvgIpc) is 2.93. The van der Waals surface area contributed by atoms with Crippen LogP contribution in [0, 0.1) is 12.8 Å². The third-order valence-corrected chi connectivity index (χ3v) is 5.37. The lowest BCUT2D eigenvalue weighted by Crippen LogP contribution is -2.62. The third-order valence-electron chi connectivity index (χ3n) is 5.37. The van der Waals surface area contributed by atoms with Gasteiger partial charge in [-0.3, -0.25) is 9.69 Å². The summed E-state index contributed by atoms with van der Waals surface area (Å²) in [6.45, 7) is 6.50. The number of hydrogen-bond acceptors (Lipinski definition) is 4. The smallest absolute Gasteiger partial charge is 0.274 e. The van der Waals surface area contributed by atoms with Crippen LogP contribution >= 0.6 is 0 Å². The Kier molecular flexibility index (Phi) is 3.18. The van der Waals surface area contributed by atoms with Crippen LogP contribution in [0.25, 0.3) is 11.0 Å². The zero-order chi connectivity index (χ0) is 15.3. The SMILES string of the molecule is Cc1coc2c(C(=O)N[C@@H]3C4CCN(CC4)[C@H]3C)nccc12. The van der Waals surface area contributed by atoms with Crippen LogP contribution in [0.1, 0.15) is 35.8 Å². The second-order valence-corrected chi connectivity index (χ2v) is 6.57. The molecule has 0 aromatic carbocycles. The molecule has 3 saturated heterocycles. The fraction of sp³-hybridized carbons (Fsp3) is 0.529. The predicted octanol–water partition coefficient (Wildman–Crippen LogP) is 2.35. The van der Waals surface area contributed by atoms with Gasteiger partial charge < -0.3 is 9.73 Å². The van der Waals surface area contributed by atoms with Crippen molar-refractivity contribution in [3.8, 4) is 0 Å². The molecule has 2 bridgehead atoms. The zero-order valence-electron chi connectivity index (χ0n) is 13.0. The van der Waals surface area contributed by atoms with E-state index in [1.807, 2.05) is 13.0 Å². The van der Waals surface area contributed by atoms with Crippen molar-refractivity contribution in [3.63, 3.8) is 0 Å². The molecule has 0 unspecified atom stereocenters. The lowest BCUT2D eigenvalue weighted by molar-refractivity contribution is 0.0216. The number of hydrogen-bond donors (Lipinski definition) is 1. The molecule has 5 rings (SSSR count). The molecule has 0 aliphatic carbocycles. The van der Waals surface area contributed by atoms with E-state index in [1.165, 1.54) is 12.8 Å². The Labute approximate surface area is 129 Å². The standard InChI is InChI=1S/C17H21N3O2/c1-10-9-22-16-13(10)3-6-18-15(16)17(21)19-14-11(2)20-7-4-12(14)5-8-20/h3,6,9,11-12,14H,4-5,7-8H2,1-2H3,(H,19,21)/t11-,14-/m0/s1. The first kappa shape index (κ1) is 13.8. The fourth-order valence-electron chi connectivity index (χ4n) is 4.02. The second-order valence-electron chi connectivity index (χ2n) is 6.57. The monoisotopic (exact) mass is 299 g/mol. The van der Waals surface area contributed by atoms with Crippen molar-refractivity contribution in [2.75, 3.05) is 13.1 Å². The van der Waals surface area contributed by atoms with Gasteiger partial charge in [-0.15, -0.1) is 0 Å². The summed E-state index contributed by atoms with van der Waals surface area (Å²) in [7, 11) is 0. The summed E-state index contributed by atoms with van der Waals surface area (Å²) in [6, 6.07) is 2.50. The molecule has 116 valence electrons. The highest BCUT2D eigenvalue weighted by atomic mass is 16.3. The van der Waals surface area contributed by atoms with Gasteiger partial charge in [0.25, 0.3) is 5.91 Å². The van der Waals surface area contributed by atoms with E-state index >= 15 is 0 Å². The molecule has 2 aromatic rings. The number of carbonyl (C=O) groups is 1. The Hall–Kier alpha value is -1.88. The maximum Gasteiger partial charge on any atom is 0.274 e. The molecule has 5 nitrogen and oxygen atoms in total. The van der Waals surface area contributed by atoms with Gasteiger partial charge in [-0.05, 0) is 57.3 Å². The maximum absolute atomic E-state index is 12.7. The van der Waals surface area contributed by atoms with E-state index in [4.69, 9.17) is 4.42 Å². The van der Waals surface area contributed by atoms with Crippen LogP contribution in [-0.4, -0.2) is 41.0 Å². The van der Waals surface area contributed by atoms with Gasteiger partial charge in [-0.2, -0.15) is 0 Å². The number of rotatable bonds is 2. The number of amides is 1. The summed E-state index contributed by atoms with van der Waals surface area (Å²) in [5.41, 5.74) is 2.02. The fourth-order valence-corrected chi connectivity index (χ4v) is 4.02. The minimum Gasteiger partial charge on any atom is -0.462 e. The number of carbonyl (C=O) groups excluding carboxylic acids is 1. The van der Waals surface area contributed by atoms with Crippen molar-refractivity contribution in [1.29, 1.82) is 0 Å². The van der Waals surface area contributed by atoms with E-state index in [2.05, 4.69) is 22.1 Å². The van der Waals surface area contributed by atoms with Crippen molar-refractivity contribution in [3.05, 3.63) is 29.8 Å². The van der Waals surface area contributed by atoms with Crippen LogP contribution in [0.5, 0.6) is 0 Å². The van der Waals surface area contributed by atoms with Crippen LogP contribution in [0.15, 0.2) is 22.9 Å². The lowest BCUT2D eigenvalue weighted by atomic mass is 9.79. The molecule has 3 fully saturated rings. The summed E-state index contributed by atoms with van der Waals surface area (Å²) >= 11 is 0. The summed E-state index contributed by atoms with van der Waals surface area (Å²) in [6.07, 6.45) is 5.71. The molecular weight excluding hydrogens is 278 g/mol. The number of nitrogens with one attached hydrogen (secondary N) is 1. The Morgan fingerprint density at radius 1 is 1.41 bits per heavy atom. The van der Waals surface area contributed by atoms with E-state index < -0.39 is 0 Å². The van der Waals surface area contributed by atoms with Crippen molar-refractivity contribution in [1.82, 2.24) is 15.2 Å². The molecule has 2 aromatic heterocycles. The highest BCUT2D eigenvalue weighted by Gasteiger charge is 2.40. The average molecular weight is 299 g/mol. The van der Waals surface area contributed by atoms with Gasteiger partial charge in [0.2, 0.25) is 0 Å². The van der Waals surface area contributed by atoms with E-state index in [0.717, 1.165) is 24.0 Å². The molecule has 22 heavy (non-hydrogen) atoms. The Morgan fingerprint density at radius 3 is 2.91 bits per heavy atom. The summed E-state index contributed by atoms with van der Waals surface area (Å²) in [4.78, 5) is 19.4. The highest BCUT2D eigenvalue weighted by Crippen LogP contribution is 2.32. The maximum atomic E-state index is 12.7. The molecule has 3 aliphatic heterocycles. The van der Waals surface area contributed by atoms with Gasteiger partial charge in [0, 0.05) is 23.7 Å². The Balaban J connectivity index is 1.61. The summed E-state index contributed by atoms with van der Waals surface area (Å²) in [5, 5.41) is 4.17. The van der Waals surface area contributed by atoms with Crippen LogP contribution in [-0.2, 0) is 0 Å². The Bertz CT molecular complexity index is 714. The quantitative estimate of drug-likeness (QED) is 0.925. The zero-order valence-corrected chi connectivity index (χ0v) is 13.0. The molecule has 0 radical (unpaired) electrons. The van der Waals surface area contributed by atoms with Gasteiger partial charge >= 0.3 is 0 Å². The predicted molar refractivity (Wildman–Crippen MR) is 83.8 cm³/mol. The van der Waals surface area contributed by atoms with Gasteiger partial charge in [-0.25, -0.2) is 4.98 Å². The van der Waals surface area contributed by atoms with Crippen LogP contribution in [0.2, 0.25) is 0 Å². The minimum absolute atomic E-state index is 0.120. The van der Waals surface area contributed by atoms with Crippen LogP contribution in [0.3, 0.4) is 0 Å². The number of pyridine rings is 1. The molecule has 0 spiro atoms. The van der Waals surface area contributed by atoms with Crippen molar-refractivity contribution >= 4 is 16.9 Å². The van der Waals surface area contributed by atoms with Gasteiger partial charge in [0.15, 0.2) is 11.3 Å². The third kappa shape index (κ3) is 2.03. The van der Waals surface area contributed by atoms with Crippen LogP contribution in [0.4, 0.5) is 0 Å². The molecule has 3 aliphatic rings. The lowest BCUT2D eigenvalue weighted by Gasteiger charge is -2.49. The molecule has 1 N–H and O–H groups in total. The van der Waals surface area contributed by atoms with Gasteiger partial charge in [-0.1, -0.05) is 0 Å². The second kappa shape index (κ2) is 5.09. The number of aromatic nitrogens is 1. The first-order valence-corrected chi connectivity index (χ1v) is 8.03. The number of aryl methyl sites for hydroxylation is 1. The molecule has 1 amide bonds. The summed E-state index contributed by atoms with van der Waals surface area (Å²) in [5.74, 6) is 0.465. The van der Waals surface area contributed by atoms with E-state index in [1.54, 1.807) is 12.5 Å². The van der Waals surface area contributed by atoms with Gasteiger partial charge in [0.05, 0.1) is 6.26 Å². The number of furan rings is 1. The first-order valence-electron chi connectivity index (χ1n) is 8.03. The molecule has 5 heterocycles. The van der Waals surface area contributed by atoms with E-state index in [9.17, 15) is 4.79 Å². The number of fused-ring (bicyclic) bond motifs is 4. The normalized spacial score (nSPS) is 30.6. The van der Waals surface area contributed by atoms with Crippen LogP contribution < -0.4 is 5.32 Å². The van der Waals surface area contributed by atoms with Crippen molar-refractivity contribution in [2.45, 2.75) is 38.8 Å². The topological polar surface area (TPSA) is 58.4 Å². The minimum atomic E-state index is -0.120. The molecular formula is C17H21N3O2. The molecule has 2 atom stereocenters. The van der Waals surface area contributed by atoms with E-state index in [-0.39, 0.29) is 11.9 Å². The van der Waals surface area contributed by atoms with Crippen molar-refractivity contribution in [2.24, 2.45) is 5.92 Å². The molecule has 0 saturated carbocycles. The number of nitrogens with zero attached hydrogens (tertiary/aromatic N) is 2. The van der Waals surface area contributed by atoms with Gasteiger partial charge in [0.1, 0.15) is 0 Å². The largest absolute Gasteiger partial charge is 0.462 e.